The highest BCUT2D eigenvalue weighted by atomic mass is 79.9. The van der Waals surface area contributed by atoms with Crippen molar-refractivity contribution in [1.82, 2.24) is 0 Å². The molecule has 0 spiro atoms. The molecule has 0 aliphatic carbocycles. The van der Waals surface area contributed by atoms with Gasteiger partial charge in [-0.2, -0.15) is 8.42 Å². The van der Waals surface area contributed by atoms with Gasteiger partial charge >= 0.3 is 0 Å². The molecule has 0 radical (unpaired) electrons. The summed E-state index contributed by atoms with van der Waals surface area (Å²) in [5.74, 6) is 0. The Kier molecular flexibility index (Phi) is 13.1. The van der Waals surface area contributed by atoms with Crippen molar-refractivity contribution in [2.45, 2.75) is 11.8 Å². The van der Waals surface area contributed by atoms with E-state index in [0.717, 1.165) is 10.9 Å². The molecule has 0 saturated heterocycles. The predicted molar refractivity (Wildman–Crippen MR) is 101 cm³/mol. The van der Waals surface area contributed by atoms with Gasteiger partial charge in [0.1, 0.15) is 0 Å². The molecule has 1 aromatic rings. The van der Waals surface area contributed by atoms with Crippen LogP contribution in [0, 0.1) is 6.92 Å². The summed E-state index contributed by atoms with van der Waals surface area (Å²) < 4.78 is 50.0. The van der Waals surface area contributed by atoms with Gasteiger partial charge in [0.05, 0.1) is 64.4 Å². The van der Waals surface area contributed by atoms with E-state index in [1.807, 2.05) is 6.92 Å². The highest BCUT2D eigenvalue weighted by molar-refractivity contribution is 9.09. The Hall–Kier alpha value is -0.550. The molecule has 9 heteroatoms. The van der Waals surface area contributed by atoms with Crippen LogP contribution in [0.2, 0.25) is 0 Å². The molecular weight excluding hydrogens is 428 g/mol. The molecule has 7 nitrogen and oxygen atoms in total. The molecule has 150 valence electrons. The van der Waals surface area contributed by atoms with Crippen LogP contribution >= 0.6 is 15.9 Å². The zero-order chi connectivity index (χ0) is 19.1. The van der Waals surface area contributed by atoms with Gasteiger partial charge in [0.15, 0.2) is 0 Å². The Morgan fingerprint density at radius 2 is 1.15 bits per heavy atom. The number of hydrogen-bond acceptors (Lipinski definition) is 7. The maximum Gasteiger partial charge on any atom is 0.297 e. The lowest BCUT2D eigenvalue weighted by Gasteiger charge is -2.08. The van der Waals surface area contributed by atoms with Gasteiger partial charge in [-0.1, -0.05) is 33.6 Å². The molecule has 0 aliphatic heterocycles. The van der Waals surface area contributed by atoms with Crippen LogP contribution < -0.4 is 0 Å². The van der Waals surface area contributed by atoms with Gasteiger partial charge in [-0.15, -0.1) is 0 Å². The van der Waals surface area contributed by atoms with Gasteiger partial charge in [0, 0.05) is 5.33 Å². The van der Waals surface area contributed by atoms with Gasteiger partial charge in [0.2, 0.25) is 0 Å². The minimum Gasteiger partial charge on any atom is -0.378 e. The fourth-order valence-corrected chi connectivity index (χ4v) is 2.91. The van der Waals surface area contributed by atoms with Crippen molar-refractivity contribution in [3.8, 4) is 0 Å². The monoisotopic (exact) mass is 454 g/mol. The Balaban J connectivity index is 1.94. The molecule has 26 heavy (non-hydrogen) atoms. The van der Waals surface area contributed by atoms with E-state index >= 15 is 0 Å². The fourth-order valence-electron chi connectivity index (χ4n) is 1.79. The molecule has 0 amide bonds. The van der Waals surface area contributed by atoms with Gasteiger partial charge in [-0.3, -0.25) is 4.18 Å². The third-order valence-corrected chi connectivity index (χ3v) is 4.76. The minimum absolute atomic E-state index is 0.0340. The lowest BCUT2D eigenvalue weighted by molar-refractivity contribution is -0.00294. The van der Waals surface area contributed by atoms with Gasteiger partial charge in [-0.25, -0.2) is 0 Å². The number of benzene rings is 1. The van der Waals surface area contributed by atoms with Crippen LogP contribution in [-0.4, -0.2) is 73.2 Å². The zero-order valence-corrected chi connectivity index (χ0v) is 17.4. The van der Waals surface area contributed by atoms with Crippen molar-refractivity contribution < 1.29 is 31.5 Å². The molecule has 0 heterocycles. The van der Waals surface area contributed by atoms with E-state index in [1.54, 1.807) is 12.1 Å². The SMILES string of the molecule is Cc1ccc(S(=O)(=O)OCCOCCOCCOCCOCCBr)cc1. The van der Waals surface area contributed by atoms with E-state index in [0.29, 0.717) is 46.2 Å². The van der Waals surface area contributed by atoms with Crippen LogP contribution in [0.3, 0.4) is 0 Å². The van der Waals surface area contributed by atoms with Crippen molar-refractivity contribution >= 4 is 26.0 Å². The lowest BCUT2D eigenvalue weighted by atomic mass is 10.2. The summed E-state index contributed by atoms with van der Waals surface area (Å²) in [7, 11) is -3.73. The van der Waals surface area contributed by atoms with Gasteiger partial charge in [-0.05, 0) is 19.1 Å². The van der Waals surface area contributed by atoms with Crippen LogP contribution in [0.15, 0.2) is 29.2 Å². The molecular formula is C17H27BrO7S. The number of halogens is 1. The van der Waals surface area contributed by atoms with Crippen LogP contribution in [-0.2, 0) is 33.2 Å². The number of aryl methyl sites for hydroxylation is 1. The zero-order valence-electron chi connectivity index (χ0n) is 15.0. The van der Waals surface area contributed by atoms with Crippen molar-refractivity contribution in [1.29, 1.82) is 0 Å². The molecule has 0 unspecified atom stereocenters. The van der Waals surface area contributed by atoms with Crippen molar-refractivity contribution in [3.63, 3.8) is 0 Å². The van der Waals surface area contributed by atoms with Gasteiger partial charge < -0.3 is 18.9 Å². The maximum atomic E-state index is 11.9. The molecule has 1 rings (SSSR count). The number of hydrogen-bond donors (Lipinski definition) is 0. The second-order valence-corrected chi connectivity index (χ2v) is 7.64. The molecule has 0 atom stereocenters. The standard InChI is InChI=1S/C17H27BrO7S/c1-16-2-4-17(5-3-16)26(19,20)25-15-14-24-13-12-23-11-10-22-9-8-21-7-6-18/h2-5H,6-15H2,1H3. The third kappa shape index (κ3) is 11.2. The van der Waals surface area contributed by atoms with Crippen LogP contribution in [0.25, 0.3) is 0 Å². The van der Waals surface area contributed by atoms with E-state index in [1.165, 1.54) is 12.1 Å². The van der Waals surface area contributed by atoms with Crippen molar-refractivity contribution in [3.05, 3.63) is 29.8 Å². The predicted octanol–water partition coefficient (Wildman–Crippen LogP) is 2.16. The quantitative estimate of drug-likeness (QED) is 0.215. The van der Waals surface area contributed by atoms with E-state index in [4.69, 9.17) is 23.1 Å². The molecule has 0 saturated carbocycles. The molecule has 0 aromatic heterocycles. The minimum atomic E-state index is -3.73. The first-order valence-electron chi connectivity index (χ1n) is 8.39. The summed E-state index contributed by atoms with van der Waals surface area (Å²) in [6, 6.07) is 6.50. The summed E-state index contributed by atoms with van der Waals surface area (Å²) in [4.78, 5) is 0.143. The number of alkyl halides is 1. The third-order valence-electron chi connectivity index (χ3n) is 3.11. The first kappa shape index (κ1) is 23.5. The number of ether oxygens (including phenoxy) is 4. The highest BCUT2D eigenvalue weighted by Gasteiger charge is 2.14. The molecule has 0 bridgehead atoms. The first-order valence-corrected chi connectivity index (χ1v) is 10.9. The van der Waals surface area contributed by atoms with E-state index < -0.39 is 10.1 Å². The average Bonchev–Trinajstić information content (AvgIpc) is 2.62. The second-order valence-electron chi connectivity index (χ2n) is 5.23. The Labute approximate surface area is 164 Å². The first-order chi connectivity index (χ1) is 12.6. The second kappa shape index (κ2) is 14.5. The van der Waals surface area contributed by atoms with Crippen LogP contribution in [0.4, 0.5) is 0 Å². The molecule has 0 aliphatic rings. The summed E-state index contributed by atoms with van der Waals surface area (Å²) in [6.45, 7) is 5.56. The summed E-state index contributed by atoms with van der Waals surface area (Å²) >= 11 is 3.27. The van der Waals surface area contributed by atoms with E-state index in [9.17, 15) is 8.42 Å². The van der Waals surface area contributed by atoms with E-state index in [-0.39, 0.29) is 18.1 Å². The highest BCUT2D eigenvalue weighted by Crippen LogP contribution is 2.12. The van der Waals surface area contributed by atoms with Crippen molar-refractivity contribution in [2.75, 3.05) is 64.8 Å². The smallest absolute Gasteiger partial charge is 0.297 e. The maximum absolute atomic E-state index is 11.9. The van der Waals surface area contributed by atoms with Crippen LogP contribution in [0.1, 0.15) is 5.56 Å². The Morgan fingerprint density at radius 3 is 1.62 bits per heavy atom. The Morgan fingerprint density at radius 1 is 0.731 bits per heavy atom. The molecule has 1 aromatic carbocycles. The molecule has 0 fully saturated rings. The lowest BCUT2D eigenvalue weighted by Crippen LogP contribution is -2.15. The Bertz CT molecular complexity index is 563. The average molecular weight is 455 g/mol. The topological polar surface area (TPSA) is 80.3 Å². The number of rotatable bonds is 16. The summed E-state index contributed by atoms with van der Waals surface area (Å²) in [5, 5.41) is 0.818. The largest absolute Gasteiger partial charge is 0.378 e. The van der Waals surface area contributed by atoms with Gasteiger partial charge in [0.25, 0.3) is 10.1 Å². The molecule has 0 N–H and O–H groups in total. The fraction of sp³-hybridized carbons (Fsp3) is 0.647. The normalized spacial score (nSPS) is 11.8. The van der Waals surface area contributed by atoms with Crippen LogP contribution in [0.5, 0.6) is 0 Å². The summed E-state index contributed by atoms with van der Waals surface area (Å²) in [5.41, 5.74) is 0.987. The van der Waals surface area contributed by atoms with Crippen molar-refractivity contribution in [2.24, 2.45) is 0 Å². The summed E-state index contributed by atoms with van der Waals surface area (Å²) in [6.07, 6.45) is 0. The van der Waals surface area contributed by atoms with E-state index in [2.05, 4.69) is 15.9 Å².